The minimum absolute atomic E-state index is 0.212. The number of carbonyl (C=O) groups excluding carboxylic acids is 2. The Balaban J connectivity index is 1.81. The molecule has 2 fully saturated rings. The molecule has 142 valence electrons. The average molecular weight is 352 g/mol. The van der Waals surface area contributed by atoms with Crippen LogP contribution in [0.25, 0.3) is 0 Å². The summed E-state index contributed by atoms with van der Waals surface area (Å²) >= 11 is 0. The van der Waals surface area contributed by atoms with Crippen LogP contribution in [-0.2, 0) is 14.3 Å². The van der Waals surface area contributed by atoms with E-state index in [2.05, 4.69) is 20.4 Å². The van der Waals surface area contributed by atoms with Gasteiger partial charge in [0.15, 0.2) is 5.96 Å². The Morgan fingerprint density at radius 1 is 1.20 bits per heavy atom. The van der Waals surface area contributed by atoms with Gasteiger partial charge in [-0.2, -0.15) is 0 Å². The van der Waals surface area contributed by atoms with Crippen LogP contribution in [0.5, 0.6) is 0 Å². The van der Waals surface area contributed by atoms with Gasteiger partial charge in [-0.25, -0.2) is 0 Å². The summed E-state index contributed by atoms with van der Waals surface area (Å²) in [7, 11) is 1.38. The van der Waals surface area contributed by atoms with Gasteiger partial charge in [0, 0.05) is 31.6 Å². The van der Waals surface area contributed by atoms with Crippen molar-refractivity contribution in [3.8, 4) is 0 Å². The third-order valence-electron chi connectivity index (χ3n) is 4.95. The lowest BCUT2D eigenvalue weighted by atomic mass is 9.88. The summed E-state index contributed by atoms with van der Waals surface area (Å²) in [6.07, 6.45) is 6.93. The van der Waals surface area contributed by atoms with E-state index in [1.807, 2.05) is 11.8 Å². The van der Waals surface area contributed by atoms with Crippen LogP contribution in [0.2, 0.25) is 0 Å². The number of rotatable bonds is 6. The first-order valence-electron chi connectivity index (χ1n) is 9.54. The lowest BCUT2D eigenvalue weighted by Crippen LogP contribution is -2.45. The molecule has 0 aromatic rings. The van der Waals surface area contributed by atoms with Crippen LogP contribution in [0.15, 0.2) is 4.99 Å². The van der Waals surface area contributed by atoms with Crippen molar-refractivity contribution in [1.29, 1.82) is 0 Å². The molecule has 2 aliphatic rings. The van der Waals surface area contributed by atoms with Crippen molar-refractivity contribution >= 4 is 17.8 Å². The maximum absolute atomic E-state index is 12.6. The summed E-state index contributed by atoms with van der Waals surface area (Å²) < 4.78 is 4.63. The second kappa shape index (κ2) is 10.3. The van der Waals surface area contributed by atoms with E-state index in [0.29, 0.717) is 18.4 Å². The zero-order chi connectivity index (χ0) is 18.1. The van der Waals surface area contributed by atoms with Crippen molar-refractivity contribution in [2.75, 3.05) is 33.3 Å². The predicted octanol–water partition coefficient (Wildman–Crippen LogP) is 1.29. The first-order valence-corrected chi connectivity index (χ1v) is 9.54. The molecule has 0 spiro atoms. The molecule has 2 N–H and O–H groups in total. The normalized spacial score (nSPS) is 21.9. The molecule has 1 heterocycles. The molecule has 0 bridgehead atoms. The van der Waals surface area contributed by atoms with Crippen LogP contribution in [0.4, 0.5) is 0 Å². The van der Waals surface area contributed by atoms with Crippen molar-refractivity contribution in [1.82, 2.24) is 15.5 Å². The van der Waals surface area contributed by atoms with E-state index in [9.17, 15) is 9.59 Å². The highest BCUT2D eigenvalue weighted by Gasteiger charge is 2.31. The number of hydrogen-bond donors (Lipinski definition) is 2. The maximum Gasteiger partial charge on any atom is 0.307 e. The SMILES string of the molecule is CCNC(=NCCC(=O)OC)NC1CCN(C(=O)C2CCCCC2)C1. The lowest BCUT2D eigenvalue weighted by Gasteiger charge is -2.26. The van der Waals surface area contributed by atoms with Gasteiger partial charge in [0.2, 0.25) is 5.91 Å². The molecule has 0 aromatic heterocycles. The number of aliphatic imine (C=N–C) groups is 1. The fraction of sp³-hybridized carbons (Fsp3) is 0.833. The van der Waals surface area contributed by atoms with E-state index in [-0.39, 0.29) is 24.3 Å². The fourth-order valence-corrected chi connectivity index (χ4v) is 3.56. The highest BCUT2D eigenvalue weighted by atomic mass is 16.5. The van der Waals surface area contributed by atoms with Crippen LogP contribution < -0.4 is 10.6 Å². The second-order valence-corrected chi connectivity index (χ2v) is 6.84. The lowest BCUT2D eigenvalue weighted by molar-refractivity contribution is -0.140. The number of nitrogens with one attached hydrogen (secondary N) is 2. The second-order valence-electron chi connectivity index (χ2n) is 6.84. The molecule has 2 rings (SSSR count). The first-order chi connectivity index (χ1) is 12.1. The fourth-order valence-electron chi connectivity index (χ4n) is 3.56. The first kappa shape index (κ1) is 19.5. The summed E-state index contributed by atoms with van der Waals surface area (Å²) in [6, 6.07) is 0.212. The molecule has 25 heavy (non-hydrogen) atoms. The van der Waals surface area contributed by atoms with Crippen molar-refractivity contribution in [3.63, 3.8) is 0 Å². The van der Waals surface area contributed by atoms with Gasteiger partial charge in [0.25, 0.3) is 0 Å². The van der Waals surface area contributed by atoms with Crippen molar-refractivity contribution in [2.45, 2.75) is 57.9 Å². The van der Waals surface area contributed by atoms with Crippen LogP contribution in [0.3, 0.4) is 0 Å². The zero-order valence-corrected chi connectivity index (χ0v) is 15.6. The number of ether oxygens (including phenoxy) is 1. The van der Waals surface area contributed by atoms with Crippen molar-refractivity contribution in [3.05, 3.63) is 0 Å². The molecule has 1 aliphatic carbocycles. The summed E-state index contributed by atoms with van der Waals surface area (Å²) in [5, 5.41) is 6.58. The molecule has 1 amide bonds. The number of guanidine groups is 1. The van der Waals surface area contributed by atoms with Gasteiger partial charge in [-0.05, 0) is 26.2 Å². The Labute approximate surface area is 150 Å². The van der Waals surface area contributed by atoms with Crippen LogP contribution >= 0.6 is 0 Å². The topological polar surface area (TPSA) is 83.0 Å². The van der Waals surface area contributed by atoms with Gasteiger partial charge in [-0.1, -0.05) is 19.3 Å². The number of nitrogens with zero attached hydrogens (tertiary/aromatic N) is 2. The third-order valence-corrected chi connectivity index (χ3v) is 4.95. The number of hydrogen-bond acceptors (Lipinski definition) is 4. The van der Waals surface area contributed by atoms with E-state index in [0.717, 1.165) is 38.9 Å². The Hall–Kier alpha value is -1.79. The molecule has 1 saturated carbocycles. The summed E-state index contributed by atoms with van der Waals surface area (Å²) in [6.45, 7) is 4.69. The van der Waals surface area contributed by atoms with E-state index >= 15 is 0 Å². The van der Waals surface area contributed by atoms with E-state index in [1.165, 1.54) is 26.4 Å². The van der Waals surface area contributed by atoms with Crippen LogP contribution in [0, 0.1) is 5.92 Å². The molecule has 7 heteroatoms. The quantitative estimate of drug-likeness (QED) is 0.427. The van der Waals surface area contributed by atoms with Gasteiger partial charge in [-0.15, -0.1) is 0 Å². The smallest absolute Gasteiger partial charge is 0.307 e. The monoisotopic (exact) mass is 352 g/mol. The van der Waals surface area contributed by atoms with Gasteiger partial charge in [0.1, 0.15) is 0 Å². The largest absolute Gasteiger partial charge is 0.469 e. The highest BCUT2D eigenvalue weighted by Crippen LogP contribution is 2.26. The minimum atomic E-state index is -0.260. The third kappa shape index (κ3) is 6.21. The molecule has 7 nitrogen and oxygen atoms in total. The summed E-state index contributed by atoms with van der Waals surface area (Å²) in [5.41, 5.74) is 0. The van der Waals surface area contributed by atoms with Crippen LogP contribution in [0.1, 0.15) is 51.9 Å². The standard InChI is InChI=1S/C18H32N4O3/c1-3-19-18(20-11-9-16(23)25-2)21-15-10-12-22(13-15)17(24)14-7-5-4-6-8-14/h14-15H,3-13H2,1-2H3,(H2,19,20,21). The van der Waals surface area contributed by atoms with Gasteiger partial charge in [-0.3, -0.25) is 14.6 Å². The predicted molar refractivity (Wildman–Crippen MR) is 97.3 cm³/mol. The molecule has 1 aliphatic heterocycles. The highest BCUT2D eigenvalue weighted by molar-refractivity contribution is 5.81. The Bertz CT molecular complexity index is 475. The van der Waals surface area contributed by atoms with E-state index in [4.69, 9.17) is 0 Å². The Morgan fingerprint density at radius 2 is 1.96 bits per heavy atom. The van der Waals surface area contributed by atoms with Crippen molar-refractivity contribution in [2.24, 2.45) is 10.9 Å². The van der Waals surface area contributed by atoms with E-state index < -0.39 is 0 Å². The molecule has 1 unspecified atom stereocenters. The Morgan fingerprint density at radius 3 is 2.64 bits per heavy atom. The maximum atomic E-state index is 12.6. The Kier molecular flexibility index (Phi) is 8.01. The summed E-state index contributed by atoms with van der Waals surface area (Å²) in [5.74, 6) is 0.999. The molecule has 1 saturated heterocycles. The van der Waals surface area contributed by atoms with Crippen LogP contribution in [-0.4, -0.2) is 62.1 Å². The van der Waals surface area contributed by atoms with Crippen molar-refractivity contribution < 1.29 is 14.3 Å². The van der Waals surface area contributed by atoms with Gasteiger partial charge >= 0.3 is 5.97 Å². The zero-order valence-electron chi connectivity index (χ0n) is 15.6. The molecular weight excluding hydrogens is 320 g/mol. The summed E-state index contributed by atoms with van der Waals surface area (Å²) in [4.78, 5) is 30.2. The number of esters is 1. The van der Waals surface area contributed by atoms with Gasteiger partial charge in [0.05, 0.1) is 20.1 Å². The number of carbonyl (C=O) groups is 2. The number of methoxy groups -OCH3 is 1. The molecule has 1 atom stereocenters. The minimum Gasteiger partial charge on any atom is -0.469 e. The number of amides is 1. The average Bonchev–Trinajstić information content (AvgIpc) is 3.10. The van der Waals surface area contributed by atoms with Gasteiger partial charge < -0.3 is 20.3 Å². The number of likely N-dealkylation sites (tertiary alicyclic amines) is 1. The molecule has 0 radical (unpaired) electrons. The van der Waals surface area contributed by atoms with E-state index in [1.54, 1.807) is 0 Å². The molecule has 0 aromatic carbocycles. The molecular formula is C18H32N4O3.